The fourth-order valence-corrected chi connectivity index (χ4v) is 4.51. The lowest BCUT2D eigenvalue weighted by atomic mass is 10.1. The molecule has 3 aromatic rings. The predicted octanol–water partition coefficient (Wildman–Crippen LogP) is 5.64. The van der Waals surface area contributed by atoms with Gasteiger partial charge in [0, 0.05) is 14.7 Å². The number of hydrogen-bond donors (Lipinski definition) is 1. The number of furan rings is 1. The summed E-state index contributed by atoms with van der Waals surface area (Å²) in [6.45, 7) is 2.07. The van der Waals surface area contributed by atoms with Gasteiger partial charge in [-0.25, -0.2) is 0 Å². The topological polar surface area (TPSA) is 25.2 Å². The molecule has 5 heteroatoms. The number of hydrogen-bond acceptors (Lipinski definition) is 3. The van der Waals surface area contributed by atoms with Gasteiger partial charge in [0.05, 0.1) is 3.79 Å². The minimum atomic E-state index is 0.0643. The summed E-state index contributed by atoms with van der Waals surface area (Å²) in [5.74, 6) is 0.943. The number of rotatable bonds is 3. The summed E-state index contributed by atoms with van der Waals surface area (Å²) in [4.78, 5) is 1.21. The highest BCUT2D eigenvalue weighted by Gasteiger charge is 2.20. The minimum Gasteiger partial charge on any atom is -0.459 e. The van der Waals surface area contributed by atoms with Crippen molar-refractivity contribution in [2.24, 2.45) is 0 Å². The lowest BCUT2D eigenvalue weighted by molar-refractivity contribution is 0.494. The Balaban J connectivity index is 2.09. The largest absolute Gasteiger partial charge is 0.459 e. The van der Waals surface area contributed by atoms with E-state index in [9.17, 15) is 0 Å². The van der Waals surface area contributed by atoms with Gasteiger partial charge in [-0.1, -0.05) is 18.2 Å². The van der Waals surface area contributed by atoms with Crippen molar-refractivity contribution in [3.05, 3.63) is 54.8 Å². The van der Waals surface area contributed by atoms with Gasteiger partial charge in [0.2, 0.25) is 0 Å². The second kappa shape index (κ2) is 5.64. The molecule has 0 aliphatic rings. The summed E-state index contributed by atoms with van der Waals surface area (Å²) in [7, 11) is 1.95. The standard InChI is InChI=1S/C15H13Br2NOS/c1-8-4-3-5-9-6-11(19-14(8)9)13(18-2)12-7-10(16)15(17)20-12/h3-7,13,18H,1-2H3. The van der Waals surface area contributed by atoms with E-state index in [1.54, 1.807) is 11.3 Å². The maximum Gasteiger partial charge on any atom is 0.137 e. The Hall–Kier alpha value is -0.620. The summed E-state index contributed by atoms with van der Waals surface area (Å²) in [5, 5.41) is 4.48. The van der Waals surface area contributed by atoms with Gasteiger partial charge in [-0.15, -0.1) is 11.3 Å². The van der Waals surface area contributed by atoms with Crippen LogP contribution in [0, 0.1) is 6.92 Å². The van der Waals surface area contributed by atoms with E-state index in [1.165, 1.54) is 4.88 Å². The first-order valence-corrected chi connectivity index (χ1v) is 8.61. The van der Waals surface area contributed by atoms with Crippen molar-refractivity contribution in [3.63, 3.8) is 0 Å². The molecule has 2 nitrogen and oxygen atoms in total. The molecular formula is C15H13Br2NOS. The van der Waals surface area contributed by atoms with Crippen molar-refractivity contribution in [1.29, 1.82) is 0 Å². The van der Waals surface area contributed by atoms with Crippen molar-refractivity contribution in [2.45, 2.75) is 13.0 Å². The Morgan fingerprint density at radius 2 is 2.05 bits per heavy atom. The lowest BCUT2D eigenvalue weighted by Crippen LogP contribution is -2.15. The molecule has 104 valence electrons. The van der Waals surface area contributed by atoms with Gasteiger partial charge in [-0.05, 0) is 63.5 Å². The van der Waals surface area contributed by atoms with Crippen molar-refractivity contribution in [3.8, 4) is 0 Å². The first kappa shape index (κ1) is 14.3. The quantitative estimate of drug-likeness (QED) is 0.600. The lowest BCUT2D eigenvalue weighted by Gasteiger charge is -2.10. The number of fused-ring (bicyclic) bond motifs is 1. The molecule has 1 atom stereocenters. The first-order chi connectivity index (χ1) is 9.60. The maximum absolute atomic E-state index is 6.07. The summed E-state index contributed by atoms with van der Waals surface area (Å²) in [6.07, 6.45) is 0. The number of nitrogens with one attached hydrogen (secondary N) is 1. The Kier molecular flexibility index (Phi) is 4.04. The van der Waals surface area contributed by atoms with Crippen LogP contribution >= 0.6 is 43.2 Å². The van der Waals surface area contributed by atoms with Gasteiger partial charge in [-0.2, -0.15) is 0 Å². The molecule has 1 unspecified atom stereocenters. The number of para-hydroxylation sites is 1. The SMILES string of the molecule is CNC(c1cc2cccc(C)c2o1)c1cc(Br)c(Br)s1. The molecule has 1 aromatic carbocycles. The molecule has 0 spiro atoms. The normalized spacial score (nSPS) is 13.0. The molecule has 0 fully saturated rings. The highest BCUT2D eigenvalue weighted by molar-refractivity contribution is 9.13. The molecule has 3 rings (SSSR count). The van der Waals surface area contributed by atoms with Crippen LogP contribution in [-0.4, -0.2) is 7.05 Å². The van der Waals surface area contributed by atoms with Gasteiger partial charge in [0.25, 0.3) is 0 Å². The van der Waals surface area contributed by atoms with E-state index in [0.717, 1.165) is 30.6 Å². The molecule has 0 bridgehead atoms. The maximum atomic E-state index is 6.07. The van der Waals surface area contributed by atoms with E-state index in [2.05, 4.69) is 74.4 Å². The van der Waals surface area contributed by atoms with E-state index in [-0.39, 0.29) is 6.04 Å². The third-order valence-corrected chi connectivity index (χ3v) is 6.60. The summed E-state index contributed by atoms with van der Waals surface area (Å²) >= 11 is 8.79. The highest BCUT2D eigenvalue weighted by Crippen LogP contribution is 2.38. The van der Waals surface area contributed by atoms with Crippen LogP contribution in [0.3, 0.4) is 0 Å². The van der Waals surface area contributed by atoms with E-state index in [0.29, 0.717) is 0 Å². The number of aryl methyl sites for hydroxylation is 1. The summed E-state index contributed by atoms with van der Waals surface area (Å²) in [6, 6.07) is 10.5. The summed E-state index contributed by atoms with van der Waals surface area (Å²) < 4.78 is 8.24. The molecular weight excluding hydrogens is 402 g/mol. The van der Waals surface area contributed by atoms with E-state index >= 15 is 0 Å². The van der Waals surface area contributed by atoms with Crippen molar-refractivity contribution >= 4 is 54.2 Å². The molecule has 0 amide bonds. The molecule has 2 heterocycles. The van der Waals surface area contributed by atoms with Crippen molar-refractivity contribution in [1.82, 2.24) is 5.32 Å². The van der Waals surface area contributed by atoms with Gasteiger partial charge in [0.1, 0.15) is 17.4 Å². The average Bonchev–Trinajstić information content (AvgIpc) is 2.97. The molecule has 2 aromatic heterocycles. The van der Waals surface area contributed by atoms with Gasteiger partial charge in [0.15, 0.2) is 0 Å². The van der Waals surface area contributed by atoms with Crippen LogP contribution in [0.2, 0.25) is 0 Å². The van der Waals surface area contributed by atoms with E-state index < -0.39 is 0 Å². The monoisotopic (exact) mass is 413 g/mol. The van der Waals surface area contributed by atoms with E-state index in [4.69, 9.17) is 4.42 Å². The van der Waals surface area contributed by atoms with Crippen LogP contribution < -0.4 is 5.32 Å². The van der Waals surface area contributed by atoms with Crippen LogP contribution in [0.4, 0.5) is 0 Å². The molecule has 0 aliphatic carbocycles. The summed E-state index contributed by atoms with van der Waals surface area (Å²) in [5.41, 5.74) is 2.13. The Morgan fingerprint density at radius 3 is 2.65 bits per heavy atom. The predicted molar refractivity (Wildman–Crippen MR) is 91.6 cm³/mol. The Labute approximate surface area is 138 Å². The second-order valence-electron chi connectivity index (χ2n) is 4.63. The second-order valence-corrected chi connectivity index (χ2v) is 7.89. The van der Waals surface area contributed by atoms with Gasteiger partial charge in [-0.3, -0.25) is 0 Å². The highest BCUT2D eigenvalue weighted by atomic mass is 79.9. The first-order valence-electron chi connectivity index (χ1n) is 6.21. The van der Waals surface area contributed by atoms with Crippen LogP contribution in [0.5, 0.6) is 0 Å². The van der Waals surface area contributed by atoms with Crippen LogP contribution in [0.15, 0.2) is 43.0 Å². The number of benzene rings is 1. The molecule has 0 saturated carbocycles. The van der Waals surface area contributed by atoms with Crippen LogP contribution in [0.25, 0.3) is 11.0 Å². The Morgan fingerprint density at radius 1 is 1.25 bits per heavy atom. The van der Waals surface area contributed by atoms with E-state index in [1.807, 2.05) is 7.05 Å². The smallest absolute Gasteiger partial charge is 0.137 e. The zero-order valence-electron chi connectivity index (χ0n) is 11.0. The zero-order valence-corrected chi connectivity index (χ0v) is 15.0. The van der Waals surface area contributed by atoms with Crippen LogP contribution in [-0.2, 0) is 0 Å². The zero-order chi connectivity index (χ0) is 14.3. The van der Waals surface area contributed by atoms with Crippen LogP contribution in [0.1, 0.15) is 22.2 Å². The molecule has 0 radical (unpaired) electrons. The number of thiophene rings is 1. The van der Waals surface area contributed by atoms with Crippen molar-refractivity contribution in [2.75, 3.05) is 7.05 Å². The molecule has 20 heavy (non-hydrogen) atoms. The number of halogens is 2. The molecule has 0 aliphatic heterocycles. The van der Waals surface area contributed by atoms with Gasteiger partial charge >= 0.3 is 0 Å². The molecule has 1 N–H and O–H groups in total. The third kappa shape index (κ3) is 2.48. The minimum absolute atomic E-state index is 0.0643. The average molecular weight is 415 g/mol. The fourth-order valence-electron chi connectivity index (χ4n) is 2.30. The van der Waals surface area contributed by atoms with Crippen molar-refractivity contribution < 1.29 is 4.42 Å². The van der Waals surface area contributed by atoms with Gasteiger partial charge < -0.3 is 9.73 Å². The third-order valence-electron chi connectivity index (χ3n) is 3.28. The Bertz CT molecular complexity index is 743. The molecule has 0 saturated heterocycles. The fraction of sp³-hybridized carbons (Fsp3) is 0.200.